The lowest BCUT2D eigenvalue weighted by atomic mass is 10.3. The summed E-state index contributed by atoms with van der Waals surface area (Å²) in [5.74, 6) is 0.275. The number of hydrogen-bond donors (Lipinski definition) is 1. The number of aromatic nitrogens is 2. The molecule has 25 heavy (non-hydrogen) atoms. The standard InChI is InChI=1S/C17H14N4O3S/c18-6-8-24-13-3-1-2-12(10-13)20-15(22)4-7-21-11-19-16-14(17(21)23)5-9-25-16/h1-3,5,9-11H,4,7-8H2,(H,20,22). The summed E-state index contributed by atoms with van der Waals surface area (Å²) in [5, 5.41) is 13.6. The number of fused-ring (bicyclic) bond motifs is 1. The lowest BCUT2D eigenvalue weighted by Crippen LogP contribution is -2.23. The minimum atomic E-state index is -0.227. The van der Waals surface area contributed by atoms with Crippen LogP contribution in [-0.2, 0) is 11.3 Å². The molecule has 1 amide bonds. The lowest BCUT2D eigenvalue weighted by molar-refractivity contribution is -0.116. The minimum Gasteiger partial charge on any atom is -0.479 e. The third-order valence-electron chi connectivity index (χ3n) is 3.45. The van der Waals surface area contributed by atoms with E-state index in [0.29, 0.717) is 21.7 Å². The minimum absolute atomic E-state index is 0.0572. The van der Waals surface area contributed by atoms with Crippen LogP contribution >= 0.6 is 11.3 Å². The number of rotatable bonds is 6. The van der Waals surface area contributed by atoms with Gasteiger partial charge in [-0.3, -0.25) is 14.2 Å². The molecule has 0 radical (unpaired) electrons. The molecule has 3 aromatic rings. The fraction of sp³-hybridized carbons (Fsp3) is 0.176. The molecule has 7 nitrogen and oxygen atoms in total. The van der Waals surface area contributed by atoms with Crippen LogP contribution < -0.4 is 15.6 Å². The molecule has 1 aromatic carbocycles. The van der Waals surface area contributed by atoms with Crippen LogP contribution in [0.4, 0.5) is 5.69 Å². The van der Waals surface area contributed by atoms with Crippen molar-refractivity contribution in [1.29, 1.82) is 5.26 Å². The number of anilines is 1. The van der Waals surface area contributed by atoms with Crippen molar-refractivity contribution in [2.75, 3.05) is 11.9 Å². The predicted molar refractivity (Wildman–Crippen MR) is 94.7 cm³/mol. The summed E-state index contributed by atoms with van der Waals surface area (Å²) in [7, 11) is 0. The predicted octanol–water partition coefficient (Wildman–Crippen LogP) is 2.39. The van der Waals surface area contributed by atoms with E-state index in [-0.39, 0.29) is 31.0 Å². The first kappa shape index (κ1) is 16.7. The SMILES string of the molecule is N#CCOc1cccc(NC(=O)CCn2cnc3sccc3c2=O)c1. The molecule has 0 bridgehead atoms. The molecule has 0 spiro atoms. The molecule has 8 heteroatoms. The first-order valence-electron chi connectivity index (χ1n) is 7.49. The van der Waals surface area contributed by atoms with Crippen LogP contribution in [0.15, 0.2) is 46.8 Å². The zero-order valence-corrected chi connectivity index (χ0v) is 14.0. The normalized spacial score (nSPS) is 10.4. The van der Waals surface area contributed by atoms with Crippen LogP contribution in [-0.4, -0.2) is 22.1 Å². The summed E-state index contributed by atoms with van der Waals surface area (Å²) in [5.41, 5.74) is 0.421. The van der Waals surface area contributed by atoms with Crippen molar-refractivity contribution in [3.8, 4) is 11.8 Å². The fourth-order valence-corrected chi connectivity index (χ4v) is 3.00. The maximum Gasteiger partial charge on any atom is 0.262 e. The van der Waals surface area contributed by atoms with Gasteiger partial charge in [0.25, 0.3) is 5.56 Å². The molecule has 126 valence electrons. The Morgan fingerprint density at radius 2 is 2.28 bits per heavy atom. The molecule has 2 heterocycles. The van der Waals surface area contributed by atoms with Crippen molar-refractivity contribution in [2.24, 2.45) is 0 Å². The maximum absolute atomic E-state index is 12.3. The van der Waals surface area contributed by atoms with E-state index >= 15 is 0 Å². The molecule has 0 fully saturated rings. The Morgan fingerprint density at radius 1 is 1.40 bits per heavy atom. The van der Waals surface area contributed by atoms with E-state index in [1.54, 1.807) is 30.3 Å². The van der Waals surface area contributed by atoms with Crippen LogP contribution in [0.3, 0.4) is 0 Å². The molecule has 0 aliphatic rings. The molecule has 1 N–H and O–H groups in total. The van der Waals surface area contributed by atoms with E-state index in [0.717, 1.165) is 0 Å². The second-order valence-electron chi connectivity index (χ2n) is 5.16. The van der Waals surface area contributed by atoms with Gasteiger partial charge in [-0.2, -0.15) is 5.26 Å². The van der Waals surface area contributed by atoms with Gasteiger partial charge >= 0.3 is 0 Å². The zero-order chi connectivity index (χ0) is 17.6. The number of carbonyl (C=O) groups is 1. The highest BCUT2D eigenvalue weighted by molar-refractivity contribution is 7.16. The van der Waals surface area contributed by atoms with E-state index < -0.39 is 0 Å². The number of nitrogens with one attached hydrogen (secondary N) is 1. The number of nitriles is 1. The number of amides is 1. The quantitative estimate of drug-likeness (QED) is 0.733. The average molecular weight is 354 g/mol. The Balaban J connectivity index is 1.62. The summed E-state index contributed by atoms with van der Waals surface area (Å²) in [6.07, 6.45) is 1.60. The Kier molecular flexibility index (Phi) is 5.06. The van der Waals surface area contributed by atoms with Crippen molar-refractivity contribution in [3.63, 3.8) is 0 Å². The number of hydrogen-bond acceptors (Lipinski definition) is 6. The van der Waals surface area contributed by atoms with E-state index in [1.807, 2.05) is 11.4 Å². The van der Waals surface area contributed by atoms with Crippen molar-refractivity contribution in [1.82, 2.24) is 9.55 Å². The van der Waals surface area contributed by atoms with Crippen LogP contribution in [0.2, 0.25) is 0 Å². The van der Waals surface area contributed by atoms with Gasteiger partial charge < -0.3 is 10.1 Å². The highest BCUT2D eigenvalue weighted by atomic mass is 32.1. The maximum atomic E-state index is 12.3. The number of benzene rings is 1. The van der Waals surface area contributed by atoms with E-state index in [1.165, 1.54) is 22.2 Å². The van der Waals surface area contributed by atoms with Gasteiger partial charge in [-0.15, -0.1) is 11.3 Å². The van der Waals surface area contributed by atoms with Crippen molar-refractivity contribution in [2.45, 2.75) is 13.0 Å². The van der Waals surface area contributed by atoms with Gasteiger partial charge in [0.05, 0.1) is 11.7 Å². The molecule has 0 aliphatic carbocycles. The Hall–Kier alpha value is -3.18. The molecule has 0 aliphatic heterocycles. The van der Waals surface area contributed by atoms with Gasteiger partial charge in [0, 0.05) is 24.7 Å². The first-order valence-corrected chi connectivity index (χ1v) is 8.37. The number of nitrogens with zero attached hydrogens (tertiary/aromatic N) is 3. The number of thiophene rings is 1. The fourth-order valence-electron chi connectivity index (χ4n) is 2.28. The first-order chi connectivity index (χ1) is 12.2. The molecular weight excluding hydrogens is 340 g/mol. The van der Waals surface area contributed by atoms with E-state index in [2.05, 4.69) is 10.3 Å². The molecular formula is C17H14N4O3S. The summed E-state index contributed by atoms with van der Waals surface area (Å²) in [6, 6.07) is 10.4. The highest BCUT2D eigenvalue weighted by Crippen LogP contribution is 2.17. The Labute approximate surface area is 147 Å². The summed E-state index contributed by atoms with van der Waals surface area (Å²) < 4.78 is 6.62. The molecule has 0 atom stereocenters. The van der Waals surface area contributed by atoms with Gasteiger partial charge in [-0.25, -0.2) is 4.98 Å². The van der Waals surface area contributed by atoms with Crippen molar-refractivity contribution < 1.29 is 9.53 Å². The summed E-state index contributed by atoms with van der Waals surface area (Å²) in [4.78, 5) is 29.3. The second kappa shape index (κ2) is 7.59. The highest BCUT2D eigenvalue weighted by Gasteiger charge is 2.08. The third kappa shape index (κ3) is 4.02. The van der Waals surface area contributed by atoms with Crippen LogP contribution in [0.5, 0.6) is 5.75 Å². The molecule has 3 rings (SSSR count). The number of aryl methyl sites for hydroxylation is 1. The van der Waals surface area contributed by atoms with Gasteiger partial charge in [0.2, 0.25) is 5.91 Å². The Morgan fingerprint density at radius 3 is 3.12 bits per heavy atom. The molecule has 0 unspecified atom stereocenters. The van der Waals surface area contributed by atoms with Gasteiger partial charge in [-0.05, 0) is 23.6 Å². The van der Waals surface area contributed by atoms with Crippen LogP contribution in [0.25, 0.3) is 10.2 Å². The average Bonchev–Trinajstić information content (AvgIpc) is 3.09. The zero-order valence-electron chi connectivity index (χ0n) is 13.1. The van der Waals surface area contributed by atoms with Gasteiger partial charge in [0.1, 0.15) is 16.6 Å². The van der Waals surface area contributed by atoms with Gasteiger partial charge in [-0.1, -0.05) is 6.07 Å². The molecule has 0 saturated carbocycles. The second-order valence-corrected chi connectivity index (χ2v) is 6.05. The van der Waals surface area contributed by atoms with Crippen molar-refractivity contribution >= 4 is 33.1 Å². The molecule has 0 saturated heterocycles. The number of carbonyl (C=O) groups excluding carboxylic acids is 1. The van der Waals surface area contributed by atoms with Crippen molar-refractivity contribution in [3.05, 3.63) is 52.4 Å². The smallest absolute Gasteiger partial charge is 0.262 e. The topological polar surface area (TPSA) is 97.0 Å². The Bertz CT molecular complexity index is 1000. The summed E-state index contributed by atoms with van der Waals surface area (Å²) in [6.45, 7) is 0.187. The van der Waals surface area contributed by atoms with E-state index in [9.17, 15) is 9.59 Å². The molecule has 2 aromatic heterocycles. The third-order valence-corrected chi connectivity index (χ3v) is 4.27. The largest absolute Gasteiger partial charge is 0.479 e. The monoisotopic (exact) mass is 354 g/mol. The van der Waals surface area contributed by atoms with Crippen LogP contribution in [0.1, 0.15) is 6.42 Å². The number of ether oxygens (including phenoxy) is 1. The van der Waals surface area contributed by atoms with Gasteiger partial charge in [0.15, 0.2) is 6.61 Å². The lowest BCUT2D eigenvalue weighted by Gasteiger charge is -2.08. The van der Waals surface area contributed by atoms with E-state index in [4.69, 9.17) is 10.00 Å². The van der Waals surface area contributed by atoms with Crippen LogP contribution in [0, 0.1) is 11.3 Å². The summed E-state index contributed by atoms with van der Waals surface area (Å²) >= 11 is 1.41.